The first kappa shape index (κ1) is 10.1. The van der Waals surface area contributed by atoms with Crippen molar-refractivity contribution in [2.24, 2.45) is 0 Å². The first-order chi connectivity index (χ1) is 7.33. The highest BCUT2D eigenvalue weighted by Gasteiger charge is 2.08. The van der Waals surface area contributed by atoms with E-state index in [9.17, 15) is 4.79 Å². The molecule has 2 rings (SSSR count). The van der Waals surface area contributed by atoms with Gasteiger partial charge in [0.1, 0.15) is 12.0 Å². The summed E-state index contributed by atoms with van der Waals surface area (Å²) in [5, 5.41) is 2.49. The smallest absolute Gasteiger partial charge is 0.417 e. The highest BCUT2D eigenvalue weighted by atomic mass is 35.5. The summed E-state index contributed by atoms with van der Waals surface area (Å²) >= 11 is 5.98. The van der Waals surface area contributed by atoms with Crippen molar-refractivity contribution in [2.45, 2.75) is 6.42 Å². The summed E-state index contributed by atoms with van der Waals surface area (Å²) in [7, 11) is 0. The fourth-order valence-corrected chi connectivity index (χ4v) is 1.69. The van der Waals surface area contributed by atoms with Gasteiger partial charge in [0.2, 0.25) is 0 Å². The van der Waals surface area contributed by atoms with Crippen LogP contribution in [0.1, 0.15) is 5.76 Å². The Labute approximate surface area is 91.6 Å². The quantitative estimate of drug-likeness (QED) is 0.749. The lowest BCUT2D eigenvalue weighted by Crippen LogP contribution is -1.95. The molecular formula is C11H8ClO3. The fraction of sp³-hybridized carbons (Fsp3) is 0.182. The SMILES string of the molecule is O=[C]OCCc1occ2c(Cl)cccc12. The van der Waals surface area contributed by atoms with E-state index in [2.05, 4.69) is 4.74 Å². The Balaban J connectivity index is 2.28. The second kappa shape index (κ2) is 4.36. The number of rotatable bonds is 4. The average Bonchev–Trinajstić information content (AvgIpc) is 2.64. The molecule has 2 aromatic rings. The van der Waals surface area contributed by atoms with Gasteiger partial charge in [-0.15, -0.1) is 0 Å². The van der Waals surface area contributed by atoms with Gasteiger partial charge >= 0.3 is 6.47 Å². The molecule has 0 aliphatic rings. The highest BCUT2D eigenvalue weighted by Crippen LogP contribution is 2.27. The predicted octanol–water partition coefficient (Wildman–Crippen LogP) is 2.71. The topological polar surface area (TPSA) is 39.4 Å². The van der Waals surface area contributed by atoms with Crippen molar-refractivity contribution in [1.29, 1.82) is 0 Å². The van der Waals surface area contributed by atoms with Crippen LogP contribution in [0.2, 0.25) is 5.02 Å². The van der Waals surface area contributed by atoms with Crippen LogP contribution in [0.4, 0.5) is 0 Å². The fourth-order valence-electron chi connectivity index (χ4n) is 1.47. The molecule has 4 heteroatoms. The summed E-state index contributed by atoms with van der Waals surface area (Å²) in [5.74, 6) is 0.766. The van der Waals surface area contributed by atoms with Crippen molar-refractivity contribution in [1.82, 2.24) is 0 Å². The highest BCUT2D eigenvalue weighted by molar-refractivity contribution is 6.35. The van der Waals surface area contributed by atoms with Crippen LogP contribution in [0.3, 0.4) is 0 Å². The Hall–Kier alpha value is -1.48. The molecule has 0 saturated heterocycles. The van der Waals surface area contributed by atoms with E-state index in [1.807, 2.05) is 12.1 Å². The molecule has 3 nitrogen and oxygen atoms in total. The summed E-state index contributed by atoms with van der Waals surface area (Å²) < 4.78 is 9.84. The van der Waals surface area contributed by atoms with Crippen LogP contribution in [-0.4, -0.2) is 13.1 Å². The zero-order valence-electron chi connectivity index (χ0n) is 7.83. The van der Waals surface area contributed by atoms with Crippen LogP contribution in [0, 0.1) is 0 Å². The van der Waals surface area contributed by atoms with E-state index in [-0.39, 0.29) is 6.61 Å². The van der Waals surface area contributed by atoms with E-state index in [1.54, 1.807) is 12.3 Å². The third kappa shape index (κ3) is 1.97. The van der Waals surface area contributed by atoms with Gasteiger partial charge in [0, 0.05) is 17.2 Å². The standard InChI is InChI=1S/C11H8ClO3/c12-10-3-1-2-8-9(10)6-15-11(8)4-5-14-7-13/h1-3,6H,4-5H2. The molecule has 0 aliphatic heterocycles. The van der Waals surface area contributed by atoms with Crippen LogP contribution in [-0.2, 0) is 16.0 Å². The van der Waals surface area contributed by atoms with E-state index in [0.29, 0.717) is 11.4 Å². The second-order valence-corrected chi connectivity index (χ2v) is 3.45. The van der Waals surface area contributed by atoms with Gasteiger partial charge in [0.05, 0.1) is 11.6 Å². The van der Waals surface area contributed by atoms with E-state index in [4.69, 9.17) is 16.0 Å². The normalized spacial score (nSPS) is 10.5. The minimum atomic E-state index is 0.263. The molecule has 77 valence electrons. The lowest BCUT2D eigenvalue weighted by atomic mass is 10.1. The van der Waals surface area contributed by atoms with Gasteiger partial charge in [0.25, 0.3) is 0 Å². The number of fused-ring (bicyclic) bond motifs is 1. The molecule has 1 heterocycles. The van der Waals surface area contributed by atoms with Gasteiger partial charge in [-0.1, -0.05) is 23.7 Å². The third-order valence-corrected chi connectivity index (χ3v) is 2.49. The number of ether oxygens (including phenoxy) is 1. The average molecular weight is 224 g/mol. The van der Waals surface area contributed by atoms with Crippen molar-refractivity contribution in [3.63, 3.8) is 0 Å². The van der Waals surface area contributed by atoms with Gasteiger partial charge in [-0.05, 0) is 6.07 Å². The van der Waals surface area contributed by atoms with E-state index in [1.165, 1.54) is 6.47 Å². The number of halogens is 1. The van der Waals surface area contributed by atoms with Crippen molar-refractivity contribution < 1.29 is 13.9 Å². The number of hydrogen-bond donors (Lipinski definition) is 0. The second-order valence-electron chi connectivity index (χ2n) is 3.04. The van der Waals surface area contributed by atoms with Crippen molar-refractivity contribution >= 4 is 28.8 Å². The maximum absolute atomic E-state index is 9.85. The molecule has 1 radical (unpaired) electrons. The summed E-state index contributed by atoms with van der Waals surface area (Å²) in [6, 6.07) is 5.58. The molecule has 1 aromatic carbocycles. The molecule has 0 N–H and O–H groups in total. The van der Waals surface area contributed by atoms with Gasteiger partial charge in [0.15, 0.2) is 0 Å². The Bertz CT molecular complexity index is 476. The van der Waals surface area contributed by atoms with Crippen molar-refractivity contribution in [3.8, 4) is 0 Å². The molecule has 15 heavy (non-hydrogen) atoms. The molecule has 0 spiro atoms. The maximum Gasteiger partial charge on any atom is 0.417 e. The minimum Gasteiger partial charge on any atom is -0.468 e. The van der Waals surface area contributed by atoms with Crippen LogP contribution in [0.15, 0.2) is 28.9 Å². The lowest BCUT2D eigenvalue weighted by molar-refractivity contribution is 0.274. The van der Waals surface area contributed by atoms with Crippen molar-refractivity contribution in [2.75, 3.05) is 6.61 Å². The first-order valence-corrected chi connectivity index (χ1v) is 4.84. The number of hydrogen-bond acceptors (Lipinski definition) is 3. The Morgan fingerprint density at radius 1 is 1.40 bits per heavy atom. The lowest BCUT2D eigenvalue weighted by Gasteiger charge is -1.96. The summed E-state index contributed by atoms with van der Waals surface area (Å²) in [6.07, 6.45) is 2.14. The molecule has 0 unspecified atom stereocenters. The molecule has 0 amide bonds. The zero-order chi connectivity index (χ0) is 10.7. The molecule has 0 saturated carbocycles. The number of benzene rings is 1. The predicted molar refractivity (Wildman–Crippen MR) is 56.6 cm³/mol. The zero-order valence-corrected chi connectivity index (χ0v) is 8.58. The van der Waals surface area contributed by atoms with Crippen LogP contribution in [0.25, 0.3) is 10.8 Å². The number of furan rings is 1. The van der Waals surface area contributed by atoms with Crippen LogP contribution < -0.4 is 0 Å². The van der Waals surface area contributed by atoms with E-state index >= 15 is 0 Å². The number of carbonyl (C=O) groups excluding carboxylic acids is 1. The van der Waals surface area contributed by atoms with Gasteiger partial charge in [-0.3, -0.25) is 0 Å². The molecule has 0 fully saturated rings. The summed E-state index contributed by atoms with van der Waals surface area (Å²) in [6.45, 7) is 1.63. The van der Waals surface area contributed by atoms with Crippen LogP contribution >= 0.6 is 11.6 Å². The Kier molecular flexibility index (Phi) is 2.92. The molecular weight excluding hydrogens is 216 g/mol. The van der Waals surface area contributed by atoms with Gasteiger partial charge < -0.3 is 9.15 Å². The van der Waals surface area contributed by atoms with E-state index in [0.717, 1.165) is 16.5 Å². The molecule has 1 aromatic heterocycles. The van der Waals surface area contributed by atoms with Gasteiger partial charge in [-0.2, -0.15) is 0 Å². The monoisotopic (exact) mass is 223 g/mol. The largest absolute Gasteiger partial charge is 0.468 e. The maximum atomic E-state index is 9.85. The van der Waals surface area contributed by atoms with E-state index < -0.39 is 0 Å². The minimum absolute atomic E-state index is 0.263. The molecule has 0 bridgehead atoms. The summed E-state index contributed by atoms with van der Waals surface area (Å²) in [4.78, 5) is 9.85. The van der Waals surface area contributed by atoms with Gasteiger partial charge in [-0.25, -0.2) is 4.79 Å². The first-order valence-electron chi connectivity index (χ1n) is 4.46. The Morgan fingerprint density at radius 3 is 3.07 bits per heavy atom. The van der Waals surface area contributed by atoms with Crippen molar-refractivity contribution in [3.05, 3.63) is 35.2 Å². The molecule has 0 aliphatic carbocycles. The van der Waals surface area contributed by atoms with Crippen LogP contribution in [0.5, 0.6) is 0 Å². The Morgan fingerprint density at radius 2 is 2.27 bits per heavy atom. The summed E-state index contributed by atoms with van der Waals surface area (Å²) in [5.41, 5.74) is 0. The third-order valence-electron chi connectivity index (χ3n) is 2.16. The molecule has 0 atom stereocenters.